The molecule has 35 heavy (non-hydrogen) atoms. The Morgan fingerprint density at radius 2 is 1.54 bits per heavy atom. The molecule has 0 atom stereocenters. The van der Waals surface area contributed by atoms with E-state index in [1.807, 2.05) is 60.7 Å². The van der Waals surface area contributed by atoms with Gasteiger partial charge in [-0.3, -0.25) is 4.79 Å². The van der Waals surface area contributed by atoms with Gasteiger partial charge in [-0.2, -0.15) is 0 Å². The summed E-state index contributed by atoms with van der Waals surface area (Å²) < 4.78 is 17.2. The Morgan fingerprint density at radius 3 is 2.31 bits per heavy atom. The third kappa shape index (κ3) is 5.72. The number of ketones is 1. The van der Waals surface area contributed by atoms with Crippen LogP contribution in [0, 0.1) is 0 Å². The van der Waals surface area contributed by atoms with Crippen LogP contribution in [0.2, 0.25) is 0 Å². The van der Waals surface area contributed by atoms with E-state index in [4.69, 9.17) is 14.2 Å². The van der Waals surface area contributed by atoms with Gasteiger partial charge in [0.15, 0.2) is 5.78 Å². The van der Waals surface area contributed by atoms with Gasteiger partial charge in [-0.15, -0.1) is 0 Å². The van der Waals surface area contributed by atoms with E-state index in [2.05, 4.69) is 19.2 Å². The summed E-state index contributed by atoms with van der Waals surface area (Å²) in [5.74, 6) is 2.75. The monoisotopic (exact) mass is 466 g/mol. The second-order valence-electron chi connectivity index (χ2n) is 8.56. The Hall–Kier alpha value is -4.05. The number of allylic oxidation sites excluding steroid dienone is 7. The quantitative estimate of drug-likeness (QED) is 0.296. The molecule has 0 N–H and O–H groups in total. The van der Waals surface area contributed by atoms with Gasteiger partial charge in [0.25, 0.3) is 0 Å². The van der Waals surface area contributed by atoms with E-state index >= 15 is 0 Å². The molecule has 2 aromatic rings. The van der Waals surface area contributed by atoms with Crippen molar-refractivity contribution >= 4 is 17.1 Å². The maximum absolute atomic E-state index is 12.4. The molecular weight excluding hydrogens is 436 g/mol. The molecule has 2 aliphatic rings. The molecule has 0 saturated carbocycles. The standard InChI is InChI=1S/C31H30O4/c1-21-16-26(33-3)19-24(30(17-21)34-4)12-6-5-10-23-11-9-13-25(18-23)35-31-20-29(32)22(2)27-14-7-8-15-28(27)31/h7-9,11,13-20H,1-2,5-6,10,12H2,3-4H3. The van der Waals surface area contributed by atoms with Crippen LogP contribution in [0.15, 0.2) is 109 Å². The number of rotatable bonds is 9. The minimum absolute atomic E-state index is 0.123. The van der Waals surface area contributed by atoms with Gasteiger partial charge in [0.05, 0.1) is 14.2 Å². The summed E-state index contributed by atoms with van der Waals surface area (Å²) >= 11 is 0. The summed E-state index contributed by atoms with van der Waals surface area (Å²) in [6.45, 7) is 7.94. The van der Waals surface area contributed by atoms with E-state index < -0.39 is 0 Å². The molecule has 0 radical (unpaired) electrons. The summed E-state index contributed by atoms with van der Waals surface area (Å²) in [5, 5.41) is 0. The Morgan fingerprint density at radius 1 is 0.771 bits per heavy atom. The van der Waals surface area contributed by atoms with Crippen molar-refractivity contribution in [3.63, 3.8) is 0 Å². The first-order valence-electron chi connectivity index (χ1n) is 11.7. The van der Waals surface area contributed by atoms with E-state index in [-0.39, 0.29) is 5.78 Å². The predicted octanol–water partition coefficient (Wildman–Crippen LogP) is 6.97. The van der Waals surface area contributed by atoms with Crippen LogP contribution in [0.25, 0.3) is 11.3 Å². The molecule has 0 bridgehead atoms. The van der Waals surface area contributed by atoms with Gasteiger partial charge in [0, 0.05) is 17.2 Å². The first-order valence-corrected chi connectivity index (χ1v) is 11.7. The zero-order valence-electron chi connectivity index (χ0n) is 20.3. The largest absolute Gasteiger partial charge is 0.497 e. The van der Waals surface area contributed by atoms with Crippen molar-refractivity contribution in [3.05, 3.63) is 125 Å². The van der Waals surface area contributed by atoms with Crippen LogP contribution in [0.3, 0.4) is 0 Å². The average Bonchev–Trinajstić information content (AvgIpc) is 3.03. The molecule has 0 heterocycles. The first-order chi connectivity index (χ1) is 17.0. The Kier molecular flexibility index (Phi) is 7.51. The second kappa shape index (κ2) is 10.9. The molecule has 2 aliphatic carbocycles. The van der Waals surface area contributed by atoms with E-state index in [0.29, 0.717) is 17.1 Å². The number of unbranched alkanes of at least 4 members (excludes halogenated alkanes) is 1. The lowest BCUT2D eigenvalue weighted by Crippen LogP contribution is -2.10. The molecule has 0 amide bonds. The van der Waals surface area contributed by atoms with Gasteiger partial charge in [0.2, 0.25) is 0 Å². The average molecular weight is 467 g/mol. The highest BCUT2D eigenvalue weighted by atomic mass is 16.5. The fourth-order valence-electron chi connectivity index (χ4n) is 4.27. The summed E-state index contributed by atoms with van der Waals surface area (Å²) in [5.41, 5.74) is 5.33. The number of benzene rings is 2. The summed E-state index contributed by atoms with van der Waals surface area (Å²) in [6.07, 6.45) is 11.2. The maximum Gasteiger partial charge on any atom is 0.189 e. The minimum atomic E-state index is -0.123. The van der Waals surface area contributed by atoms with E-state index in [1.54, 1.807) is 14.2 Å². The van der Waals surface area contributed by atoms with Crippen molar-refractivity contribution in [1.29, 1.82) is 0 Å². The molecule has 0 unspecified atom stereocenters. The van der Waals surface area contributed by atoms with Crippen molar-refractivity contribution in [2.75, 3.05) is 14.2 Å². The number of fused-ring (bicyclic) bond motifs is 1. The van der Waals surface area contributed by atoms with E-state index in [9.17, 15) is 4.79 Å². The Labute approximate surface area is 207 Å². The molecule has 0 spiro atoms. The van der Waals surface area contributed by atoms with Crippen molar-refractivity contribution < 1.29 is 19.0 Å². The maximum atomic E-state index is 12.4. The van der Waals surface area contributed by atoms with E-state index in [1.165, 1.54) is 11.6 Å². The number of hydrogen-bond donors (Lipinski definition) is 0. The summed E-state index contributed by atoms with van der Waals surface area (Å²) in [4.78, 5) is 12.4. The Balaban J connectivity index is 1.39. The van der Waals surface area contributed by atoms with Gasteiger partial charge in [-0.1, -0.05) is 49.6 Å². The van der Waals surface area contributed by atoms with Crippen molar-refractivity contribution in [2.45, 2.75) is 25.7 Å². The first kappa shape index (κ1) is 24.1. The van der Waals surface area contributed by atoms with Gasteiger partial charge in [-0.05, 0) is 78.3 Å². The molecule has 0 saturated heterocycles. The molecule has 0 aromatic heterocycles. The molecule has 4 rings (SSSR count). The predicted molar refractivity (Wildman–Crippen MR) is 140 cm³/mol. The van der Waals surface area contributed by atoms with Gasteiger partial charge < -0.3 is 14.2 Å². The van der Waals surface area contributed by atoms with E-state index in [0.717, 1.165) is 59.5 Å². The van der Waals surface area contributed by atoms with Crippen LogP contribution in [0.4, 0.5) is 0 Å². The molecule has 178 valence electrons. The zero-order chi connectivity index (χ0) is 24.8. The van der Waals surface area contributed by atoms with Crippen LogP contribution in [0.1, 0.15) is 36.0 Å². The third-order valence-corrected chi connectivity index (χ3v) is 6.10. The fraction of sp³-hybridized carbons (Fsp3) is 0.194. The number of hydrogen-bond acceptors (Lipinski definition) is 4. The summed E-state index contributed by atoms with van der Waals surface area (Å²) in [7, 11) is 3.34. The number of carbonyl (C=O) groups excluding carboxylic acids is 1. The third-order valence-electron chi connectivity index (χ3n) is 6.10. The van der Waals surface area contributed by atoms with Gasteiger partial charge in [0.1, 0.15) is 23.0 Å². The number of methoxy groups -OCH3 is 2. The molecule has 2 aromatic carbocycles. The SMILES string of the molecule is C=C1C=C(OC)C=C(CCCCc2cccc(OC3=CC(=O)C(=C)c4ccccc43)c2)C(OC)=C1. The molecular formula is C31H30O4. The van der Waals surface area contributed by atoms with Crippen molar-refractivity contribution in [3.8, 4) is 5.75 Å². The van der Waals surface area contributed by atoms with Gasteiger partial charge in [-0.25, -0.2) is 0 Å². The summed E-state index contributed by atoms with van der Waals surface area (Å²) in [6, 6.07) is 15.7. The topological polar surface area (TPSA) is 44.8 Å². The molecule has 0 aliphatic heterocycles. The van der Waals surface area contributed by atoms with Crippen LogP contribution in [-0.2, 0) is 20.7 Å². The lowest BCUT2D eigenvalue weighted by atomic mass is 9.91. The number of carbonyl (C=O) groups is 1. The van der Waals surface area contributed by atoms with Crippen LogP contribution in [0.5, 0.6) is 5.75 Å². The fourth-order valence-corrected chi connectivity index (χ4v) is 4.27. The highest BCUT2D eigenvalue weighted by Gasteiger charge is 2.22. The van der Waals surface area contributed by atoms with Crippen LogP contribution >= 0.6 is 0 Å². The lowest BCUT2D eigenvalue weighted by molar-refractivity contribution is -0.109. The minimum Gasteiger partial charge on any atom is -0.497 e. The highest BCUT2D eigenvalue weighted by Crippen LogP contribution is 2.33. The van der Waals surface area contributed by atoms with Crippen molar-refractivity contribution in [2.24, 2.45) is 0 Å². The number of aryl methyl sites for hydroxylation is 1. The number of ether oxygens (including phenoxy) is 3. The van der Waals surface area contributed by atoms with Crippen LogP contribution < -0.4 is 4.74 Å². The highest BCUT2D eigenvalue weighted by molar-refractivity contribution is 6.30. The van der Waals surface area contributed by atoms with Gasteiger partial charge >= 0.3 is 0 Å². The van der Waals surface area contributed by atoms with Crippen LogP contribution in [-0.4, -0.2) is 20.0 Å². The lowest BCUT2D eigenvalue weighted by Gasteiger charge is -2.19. The zero-order valence-corrected chi connectivity index (χ0v) is 20.3. The molecule has 4 nitrogen and oxygen atoms in total. The van der Waals surface area contributed by atoms with Crippen molar-refractivity contribution in [1.82, 2.24) is 0 Å². The smallest absolute Gasteiger partial charge is 0.189 e. The normalized spacial score (nSPS) is 15.3. The molecule has 4 heteroatoms. The molecule has 0 fully saturated rings. The second-order valence-corrected chi connectivity index (χ2v) is 8.56. The Bertz CT molecular complexity index is 1290.